The summed E-state index contributed by atoms with van der Waals surface area (Å²) in [5.74, 6) is -0.762. The van der Waals surface area contributed by atoms with Crippen LogP contribution >= 0.6 is 0 Å². The van der Waals surface area contributed by atoms with Gasteiger partial charge in [0.15, 0.2) is 0 Å². The SMILES string of the molecule is CC1CC12C(=O)N(c1ccc(S(=O)(=O)C(F)(F)F)cc1)C(=O)N2c1c(N)cnc2ccccc12. The Bertz CT molecular complexity index is 1470. The third-order valence-corrected chi connectivity index (χ3v) is 7.84. The van der Waals surface area contributed by atoms with E-state index in [1.807, 2.05) is 0 Å². The summed E-state index contributed by atoms with van der Waals surface area (Å²) in [5, 5.41) is 0.565. The summed E-state index contributed by atoms with van der Waals surface area (Å²) in [6.07, 6.45) is 1.76. The molecule has 1 aromatic heterocycles. The minimum Gasteiger partial charge on any atom is -0.396 e. The molecule has 3 aromatic rings. The summed E-state index contributed by atoms with van der Waals surface area (Å²) in [6, 6.07) is 9.71. The maximum atomic E-state index is 13.6. The third kappa shape index (κ3) is 2.84. The van der Waals surface area contributed by atoms with Crippen LogP contribution in [0.3, 0.4) is 0 Å². The van der Waals surface area contributed by atoms with Gasteiger partial charge in [-0.2, -0.15) is 13.2 Å². The molecule has 1 spiro atoms. The lowest BCUT2D eigenvalue weighted by molar-refractivity contribution is -0.119. The summed E-state index contributed by atoms with van der Waals surface area (Å²) >= 11 is 0. The lowest BCUT2D eigenvalue weighted by Gasteiger charge is -2.25. The number of anilines is 3. The molecule has 2 aliphatic rings. The fraction of sp³-hybridized carbons (Fsp3) is 0.227. The molecule has 0 bridgehead atoms. The van der Waals surface area contributed by atoms with Crippen molar-refractivity contribution in [1.29, 1.82) is 0 Å². The van der Waals surface area contributed by atoms with Crippen LogP contribution in [0.4, 0.5) is 35.0 Å². The van der Waals surface area contributed by atoms with E-state index in [2.05, 4.69) is 4.98 Å². The van der Waals surface area contributed by atoms with Gasteiger partial charge in [0.25, 0.3) is 15.7 Å². The van der Waals surface area contributed by atoms with Crippen LogP contribution in [0, 0.1) is 5.92 Å². The van der Waals surface area contributed by atoms with Gasteiger partial charge in [-0.15, -0.1) is 0 Å². The van der Waals surface area contributed by atoms with Gasteiger partial charge in [0.2, 0.25) is 0 Å². The number of amides is 3. The maximum Gasteiger partial charge on any atom is 0.501 e. The van der Waals surface area contributed by atoms with Crippen LogP contribution in [0.5, 0.6) is 0 Å². The van der Waals surface area contributed by atoms with Gasteiger partial charge in [-0.25, -0.2) is 18.1 Å². The highest BCUT2D eigenvalue weighted by molar-refractivity contribution is 7.92. The van der Waals surface area contributed by atoms with Gasteiger partial charge in [0.05, 0.1) is 33.7 Å². The first-order valence-electron chi connectivity index (χ1n) is 10.1. The zero-order valence-corrected chi connectivity index (χ0v) is 18.4. The van der Waals surface area contributed by atoms with Crippen molar-refractivity contribution in [1.82, 2.24) is 4.98 Å². The molecule has 2 aromatic carbocycles. The molecule has 1 aliphatic carbocycles. The maximum absolute atomic E-state index is 13.6. The van der Waals surface area contributed by atoms with Crippen LogP contribution < -0.4 is 15.5 Å². The molecular weight excluding hydrogens is 473 g/mol. The Balaban J connectivity index is 1.62. The molecule has 2 fully saturated rings. The lowest BCUT2D eigenvalue weighted by Crippen LogP contribution is -2.39. The second kappa shape index (κ2) is 6.92. The Hall–Kier alpha value is -3.67. The smallest absolute Gasteiger partial charge is 0.396 e. The van der Waals surface area contributed by atoms with Gasteiger partial charge in [0.1, 0.15) is 5.54 Å². The molecule has 2 unspecified atom stereocenters. The van der Waals surface area contributed by atoms with Crippen LogP contribution in [-0.2, 0) is 14.6 Å². The first kappa shape index (κ1) is 22.1. The number of aromatic nitrogens is 1. The second-order valence-electron chi connectivity index (χ2n) is 8.31. The number of fused-ring (bicyclic) bond motifs is 1. The molecular formula is C22H17F3N4O4S. The molecule has 0 radical (unpaired) electrons. The largest absolute Gasteiger partial charge is 0.501 e. The molecule has 2 N–H and O–H groups in total. The molecule has 34 heavy (non-hydrogen) atoms. The van der Waals surface area contributed by atoms with E-state index in [1.165, 1.54) is 11.1 Å². The fourth-order valence-electron chi connectivity index (χ4n) is 4.49. The second-order valence-corrected chi connectivity index (χ2v) is 10.3. The highest BCUT2D eigenvalue weighted by Gasteiger charge is 2.71. The number of hydrogen-bond donors (Lipinski definition) is 1. The number of urea groups is 1. The third-order valence-electron chi connectivity index (χ3n) is 6.34. The van der Waals surface area contributed by atoms with E-state index in [9.17, 15) is 31.2 Å². The summed E-state index contributed by atoms with van der Waals surface area (Å²) < 4.78 is 62.0. The Morgan fingerprint density at radius 3 is 2.29 bits per heavy atom. The lowest BCUT2D eigenvalue weighted by atomic mass is 10.1. The quantitative estimate of drug-likeness (QED) is 0.558. The van der Waals surface area contributed by atoms with Gasteiger partial charge in [-0.05, 0) is 42.7 Å². The van der Waals surface area contributed by atoms with Crippen molar-refractivity contribution in [3.05, 3.63) is 54.7 Å². The number of alkyl halides is 3. The van der Waals surface area contributed by atoms with Crippen LogP contribution in [0.15, 0.2) is 59.6 Å². The molecule has 1 aliphatic heterocycles. The van der Waals surface area contributed by atoms with Crippen molar-refractivity contribution in [2.45, 2.75) is 29.3 Å². The Morgan fingerprint density at radius 2 is 1.71 bits per heavy atom. The van der Waals surface area contributed by atoms with Crippen molar-refractivity contribution in [3.63, 3.8) is 0 Å². The standard InChI is InChI=1S/C22H17F3N4O4S/c1-12-10-21(12)19(30)28(13-6-8-14(9-7-13)34(32,33)22(23,24)25)20(31)29(21)18-15-4-2-3-5-17(15)27-11-16(18)26/h2-9,11-12H,10,26H2,1H3. The Kier molecular flexibility index (Phi) is 4.50. The molecule has 3 amide bonds. The zero-order chi connectivity index (χ0) is 24.6. The van der Waals surface area contributed by atoms with Gasteiger partial charge in [-0.1, -0.05) is 25.1 Å². The number of nitrogen functional groups attached to an aromatic ring is 1. The summed E-state index contributed by atoms with van der Waals surface area (Å²) in [5.41, 5.74) is 0.556. The van der Waals surface area contributed by atoms with Gasteiger partial charge < -0.3 is 5.73 Å². The fourth-order valence-corrected chi connectivity index (χ4v) is 5.25. The molecule has 12 heteroatoms. The normalized spacial score (nSPS) is 22.8. The minimum absolute atomic E-state index is 0.0472. The van der Waals surface area contributed by atoms with Crippen molar-refractivity contribution in [2.75, 3.05) is 15.5 Å². The molecule has 2 atom stereocenters. The van der Waals surface area contributed by atoms with Crippen molar-refractivity contribution in [3.8, 4) is 0 Å². The van der Waals surface area contributed by atoms with Crippen LogP contribution in [0.2, 0.25) is 0 Å². The van der Waals surface area contributed by atoms with Crippen molar-refractivity contribution < 1.29 is 31.2 Å². The zero-order valence-electron chi connectivity index (χ0n) is 17.6. The van der Waals surface area contributed by atoms with Crippen molar-refractivity contribution in [2.24, 2.45) is 5.92 Å². The van der Waals surface area contributed by atoms with E-state index < -0.39 is 37.7 Å². The van der Waals surface area contributed by atoms with E-state index in [-0.39, 0.29) is 17.3 Å². The predicted molar refractivity (Wildman–Crippen MR) is 118 cm³/mol. The number of para-hydroxylation sites is 1. The predicted octanol–water partition coefficient (Wildman–Crippen LogP) is 3.86. The number of imide groups is 1. The number of carbonyl (C=O) groups excluding carboxylic acids is 2. The first-order valence-corrected chi connectivity index (χ1v) is 11.6. The topological polar surface area (TPSA) is 114 Å². The van der Waals surface area contributed by atoms with E-state index in [4.69, 9.17) is 5.73 Å². The number of rotatable bonds is 3. The molecule has 1 saturated heterocycles. The molecule has 2 heterocycles. The molecule has 1 saturated carbocycles. The Labute approximate surface area is 191 Å². The summed E-state index contributed by atoms with van der Waals surface area (Å²) in [7, 11) is -5.57. The highest BCUT2D eigenvalue weighted by atomic mass is 32.2. The van der Waals surface area contributed by atoms with Gasteiger partial charge in [0, 0.05) is 5.39 Å². The molecule has 8 nitrogen and oxygen atoms in total. The van der Waals surface area contributed by atoms with Crippen LogP contribution in [0.1, 0.15) is 13.3 Å². The Morgan fingerprint density at radius 1 is 1.09 bits per heavy atom. The van der Waals surface area contributed by atoms with Crippen LogP contribution in [0.25, 0.3) is 10.9 Å². The van der Waals surface area contributed by atoms with Gasteiger partial charge >= 0.3 is 11.5 Å². The molecule has 176 valence electrons. The van der Waals surface area contributed by atoms with Crippen LogP contribution in [-0.4, -0.2) is 36.4 Å². The average molecular weight is 490 g/mol. The van der Waals surface area contributed by atoms with E-state index in [1.54, 1.807) is 31.2 Å². The van der Waals surface area contributed by atoms with E-state index >= 15 is 0 Å². The summed E-state index contributed by atoms with van der Waals surface area (Å²) in [6.45, 7) is 1.81. The number of sulfone groups is 1. The number of pyridine rings is 1. The monoisotopic (exact) mass is 490 g/mol. The number of benzene rings is 2. The minimum atomic E-state index is -5.57. The number of nitrogens with two attached hydrogens (primary N) is 1. The highest BCUT2D eigenvalue weighted by Crippen LogP contribution is 2.57. The number of nitrogens with zero attached hydrogens (tertiary/aromatic N) is 3. The van der Waals surface area contributed by atoms with E-state index in [0.29, 0.717) is 23.0 Å². The first-order chi connectivity index (χ1) is 15.9. The van der Waals surface area contributed by atoms with Gasteiger partial charge in [-0.3, -0.25) is 14.7 Å². The number of hydrogen-bond acceptors (Lipinski definition) is 6. The number of halogens is 3. The molecule has 5 rings (SSSR count). The van der Waals surface area contributed by atoms with E-state index in [0.717, 1.165) is 29.2 Å². The summed E-state index contributed by atoms with van der Waals surface area (Å²) in [4.78, 5) is 32.6. The van der Waals surface area contributed by atoms with Crippen molar-refractivity contribution >= 4 is 49.7 Å². The number of carbonyl (C=O) groups is 2. The average Bonchev–Trinajstić information content (AvgIpc) is 3.40.